The first-order valence-corrected chi connectivity index (χ1v) is 2.33. The van der Waals surface area contributed by atoms with Gasteiger partial charge in [-0.25, -0.2) is 0 Å². The Labute approximate surface area is 77.3 Å². The molecule has 6 heteroatoms. The summed E-state index contributed by atoms with van der Waals surface area (Å²) in [6.45, 7) is 0. The molecule has 0 atom stereocenters. The van der Waals surface area contributed by atoms with E-state index in [-0.39, 0.29) is 51.6 Å². The Kier molecular flexibility index (Phi) is 26.0. The number of rotatable bonds is 0. The fourth-order valence-corrected chi connectivity index (χ4v) is 0. The molecule has 0 rings (SSSR count). The molecule has 0 aliphatic carbocycles. The molecule has 0 saturated carbocycles. The molecular weight excluding hydrogens is 195 g/mol. The third kappa shape index (κ3) is 40.3. The van der Waals surface area contributed by atoms with E-state index in [9.17, 15) is 0 Å². The van der Waals surface area contributed by atoms with Crippen molar-refractivity contribution in [2.45, 2.75) is 0 Å². The van der Waals surface area contributed by atoms with Crippen molar-refractivity contribution in [2.24, 2.45) is 0 Å². The van der Waals surface area contributed by atoms with Crippen molar-refractivity contribution in [3.05, 3.63) is 0 Å². The average Bonchev–Trinajstić information content (AvgIpc) is 0.811. The summed E-state index contributed by atoms with van der Waals surface area (Å²) >= 11 is -3.69. The van der Waals surface area contributed by atoms with Crippen LogP contribution in [0.1, 0.15) is 0 Å². The van der Waals surface area contributed by atoms with Crippen molar-refractivity contribution in [3.63, 3.8) is 0 Å². The molecule has 1 N–H and O–H groups in total. The molecule has 0 aromatic carbocycles. The van der Waals surface area contributed by atoms with Crippen molar-refractivity contribution >= 4 is 18.9 Å². The van der Waals surface area contributed by atoms with E-state index in [0.29, 0.717) is 0 Å². The fourth-order valence-electron chi connectivity index (χ4n) is 0. The van der Waals surface area contributed by atoms with E-state index in [1.807, 2.05) is 0 Å². The predicted octanol–water partition coefficient (Wildman–Crippen LogP) is -1.45. The van der Waals surface area contributed by atoms with Crippen LogP contribution in [0.4, 0.5) is 0 Å². The summed E-state index contributed by atoms with van der Waals surface area (Å²) in [7, 11) is 0. The van der Waals surface area contributed by atoms with Crippen LogP contribution in [0.2, 0.25) is 0 Å². The Morgan fingerprint density at radius 3 is 1.33 bits per heavy atom. The van der Waals surface area contributed by atoms with Gasteiger partial charge >= 0.3 is 45.6 Å². The third-order valence-electron chi connectivity index (χ3n) is 0. The van der Waals surface area contributed by atoms with Crippen LogP contribution >= 0.6 is 0 Å². The Bertz CT molecular complexity index is 59.2. The SMILES string of the molecule is [LiH].[O]=[V](=[O])[OH].[Y]. The van der Waals surface area contributed by atoms with E-state index in [0.717, 1.165) is 0 Å². The van der Waals surface area contributed by atoms with Gasteiger partial charge in [0.15, 0.2) is 0 Å². The van der Waals surface area contributed by atoms with Crippen LogP contribution in [-0.4, -0.2) is 22.9 Å². The minimum atomic E-state index is -3.69. The Balaban J connectivity index is -0.0000000450. The molecule has 0 heterocycles. The van der Waals surface area contributed by atoms with Gasteiger partial charge in [0.25, 0.3) is 0 Å². The monoisotopic (exact) mass is 197 g/mol. The normalized spacial score (nSPS) is 4.17. The van der Waals surface area contributed by atoms with Crippen LogP contribution < -0.4 is 0 Å². The van der Waals surface area contributed by atoms with Crippen molar-refractivity contribution in [1.29, 1.82) is 0 Å². The summed E-state index contributed by atoms with van der Waals surface area (Å²) in [5.74, 6) is 0. The van der Waals surface area contributed by atoms with Crippen LogP contribution in [0.15, 0.2) is 0 Å². The van der Waals surface area contributed by atoms with Gasteiger partial charge in [0.1, 0.15) is 0 Å². The van der Waals surface area contributed by atoms with Gasteiger partial charge < -0.3 is 0 Å². The van der Waals surface area contributed by atoms with Gasteiger partial charge in [0.05, 0.1) is 0 Å². The van der Waals surface area contributed by atoms with E-state index in [1.165, 1.54) is 0 Å². The Morgan fingerprint density at radius 1 is 1.33 bits per heavy atom. The van der Waals surface area contributed by atoms with Crippen LogP contribution in [0.5, 0.6) is 0 Å². The van der Waals surface area contributed by atoms with Gasteiger partial charge in [-0.1, -0.05) is 0 Å². The summed E-state index contributed by atoms with van der Waals surface area (Å²) in [6.07, 6.45) is 0. The predicted molar refractivity (Wildman–Crippen MR) is 10.7 cm³/mol. The molecule has 0 unspecified atom stereocenters. The van der Waals surface area contributed by atoms with Crippen molar-refractivity contribution in [1.82, 2.24) is 0 Å². The van der Waals surface area contributed by atoms with Gasteiger partial charge in [0.2, 0.25) is 0 Å². The summed E-state index contributed by atoms with van der Waals surface area (Å²) in [5.41, 5.74) is 0. The van der Waals surface area contributed by atoms with Crippen LogP contribution in [-0.2, 0) is 55.5 Å². The van der Waals surface area contributed by atoms with Gasteiger partial charge in [-0.2, -0.15) is 0 Å². The molecule has 0 saturated heterocycles. The maximum atomic E-state index is 8.67. The van der Waals surface area contributed by atoms with Crippen molar-refractivity contribution in [3.8, 4) is 0 Å². The first kappa shape index (κ1) is 15.7. The van der Waals surface area contributed by atoms with E-state index in [2.05, 4.69) is 0 Å². The zero-order chi connectivity index (χ0) is 3.58. The molecule has 29 valence electrons. The summed E-state index contributed by atoms with van der Waals surface area (Å²) in [5, 5.41) is 0. The molecule has 3 nitrogen and oxygen atoms in total. The smallest absolute Gasteiger partial charge is 0 e. The minimum Gasteiger partial charge on any atom is 0 e. The maximum absolute atomic E-state index is 8.67. The second-order valence-corrected chi connectivity index (χ2v) is 0.981. The molecule has 0 bridgehead atoms. The molecule has 0 aliphatic rings. The summed E-state index contributed by atoms with van der Waals surface area (Å²) < 4.78 is 24.4. The molecule has 0 amide bonds. The van der Waals surface area contributed by atoms with Gasteiger partial charge in [0, 0.05) is 32.7 Å². The second kappa shape index (κ2) is 9.96. The zero-order valence-electron chi connectivity index (χ0n) is 2.29. The average molecular weight is 197 g/mol. The van der Waals surface area contributed by atoms with Crippen LogP contribution in [0, 0.1) is 0 Å². The first-order chi connectivity index (χ1) is 1.73. The molecule has 0 fully saturated rings. The van der Waals surface area contributed by atoms with Crippen molar-refractivity contribution in [2.75, 3.05) is 0 Å². The van der Waals surface area contributed by atoms with Gasteiger partial charge in [-0.05, 0) is 0 Å². The molecule has 0 spiro atoms. The second-order valence-electron chi connectivity index (χ2n) is 0.238. The molecule has 0 aromatic rings. The standard InChI is InChI=1S/Li.H2O.2O.V.Y.H/h;1H2;;;;;/q;;;;+1;;/p-1. The molecule has 1 radical (unpaired) electrons. The van der Waals surface area contributed by atoms with Crippen molar-refractivity contribution < 1.29 is 59.5 Å². The third-order valence-corrected chi connectivity index (χ3v) is 0. The number of hydrogen-bond donors (Lipinski definition) is 1. The quantitative estimate of drug-likeness (QED) is 0.483. The van der Waals surface area contributed by atoms with E-state index in [1.54, 1.807) is 0 Å². The summed E-state index contributed by atoms with van der Waals surface area (Å²) in [4.78, 5) is 0. The van der Waals surface area contributed by atoms with E-state index in [4.69, 9.17) is 11.4 Å². The molecule has 6 heavy (non-hydrogen) atoms. The molecule has 0 aromatic heterocycles. The van der Waals surface area contributed by atoms with Crippen LogP contribution in [0.25, 0.3) is 0 Å². The Hall–Kier alpha value is 1.85. The largest absolute Gasteiger partial charge is 0 e. The summed E-state index contributed by atoms with van der Waals surface area (Å²) in [6, 6.07) is 0. The molecule has 0 aliphatic heterocycles. The molecular formula is H2LiO3VY. The number of hydrogen-bond acceptors (Lipinski definition) is 2. The van der Waals surface area contributed by atoms with Gasteiger partial charge in [-0.3, -0.25) is 0 Å². The van der Waals surface area contributed by atoms with Crippen LogP contribution in [0.3, 0.4) is 0 Å². The maximum Gasteiger partial charge on any atom is 0 e. The fraction of sp³-hybridized carbons (Fsp3) is 0. The van der Waals surface area contributed by atoms with E-state index < -0.39 is 15.4 Å². The minimum absolute atomic E-state index is 0. The first-order valence-electron chi connectivity index (χ1n) is 0.565. The topological polar surface area (TPSA) is 54.4 Å². The van der Waals surface area contributed by atoms with Gasteiger partial charge in [-0.15, -0.1) is 0 Å². The Morgan fingerprint density at radius 2 is 1.33 bits per heavy atom. The zero-order valence-corrected chi connectivity index (χ0v) is 6.52. The van der Waals surface area contributed by atoms with E-state index >= 15 is 0 Å².